The first-order chi connectivity index (χ1) is 12.2. The highest BCUT2D eigenvalue weighted by atomic mass is 32.2. The van der Waals surface area contributed by atoms with Gasteiger partial charge in [0.05, 0.1) is 24.5 Å². The molecule has 25 heavy (non-hydrogen) atoms. The third-order valence-corrected chi connectivity index (χ3v) is 5.79. The lowest BCUT2D eigenvalue weighted by Crippen LogP contribution is -2.55. The van der Waals surface area contributed by atoms with Gasteiger partial charge in [0, 0.05) is 26.8 Å². The number of morpholine rings is 1. The first-order valence-electron chi connectivity index (χ1n) is 8.88. The van der Waals surface area contributed by atoms with E-state index in [9.17, 15) is 9.59 Å². The number of ether oxygens (including phenoxy) is 2. The van der Waals surface area contributed by atoms with E-state index in [0.717, 1.165) is 25.7 Å². The van der Waals surface area contributed by atoms with Crippen molar-refractivity contribution in [2.45, 2.75) is 56.0 Å². The summed E-state index contributed by atoms with van der Waals surface area (Å²) in [4.78, 5) is 26.5. The van der Waals surface area contributed by atoms with Gasteiger partial charge < -0.3 is 14.4 Å². The standard InChI is InChI=1S/C16H26N4O4S/c1-23-9-4-7-20-15(22)17-18-16(20)25-11-14(21)19-8-10-24-13-6-3-2-5-12(13)19/h12-13H,2-11H2,1H3,(H,17,22). The van der Waals surface area contributed by atoms with Gasteiger partial charge in [-0.25, -0.2) is 9.89 Å². The minimum Gasteiger partial charge on any atom is -0.385 e. The molecule has 0 spiro atoms. The zero-order valence-corrected chi connectivity index (χ0v) is 15.4. The third-order valence-electron chi connectivity index (χ3n) is 4.83. The largest absolute Gasteiger partial charge is 0.385 e. The van der Waals surface area contributed by atoms with Crippen LogP contribution in [0.4, 0.5) is 0 Å². The number of rotatable bonds is 7. The molecule has 8 nitrogen and oxygen atoms in total. The maximum atomic E-state index is 12.7. The summed E-state index contributed by atoms with van der Waals surface area (Å²) >= 11 is 1.31. The number of amides is 1. The van der Waals surface area contributed by atoms with Gasteiger partial charge >= 0.3 is 5.69 Å². The summed E-state index contributed by atoms with van der Waals surface area (Å²) in [6.45, 7) is 2.38. The first-order valence-corrected chi connectivity index (χ1v) is 9.87. The highest BCUT2D eigenvalue weighted by molar-refractivity contribution is 7.99. The van der Waals surface area contributed by atoms with Gasteiger partial charge in [-0.3, -0.25) is 9.36 Å². The molecule has 1 saturated heterocycles. The maximum Gasteiger partial charge on any atom is 0.343 e. The Labute approximate surface area is 151 Å². The third kappa shape index (κ3) is 4.45. The molecule has 0 bridgehead atoms. The monoisotopic (exact) mass is 370 g/mol. The van der Waals surface area contributed by atoms with Crippen molar-refractivity contribution in [2.24, 2.45) is 0 Å². The summed E-state index contributed by atoms with van der Waals surface area (Å²) in [5.74, 6) is 0.390. The zero-order valence-electron chi connectivity index (χ0n) is 14.6. The molecule has 2 unspecified atom stereocenters. The summed E-state index contributed by atoms with van der Waals surface area (Å²) in [6.07, 6.45) is 5.31. The minimum absolute atomic E-state index is 0.101. The molecule has 1 saturated carbocycles. The lowest BCUT2D eigenvalue weighted by atomic mass is 9.90. The van der Waals surface area contributed by atoms with Gasteiger partial charge in [0.25, 0.3) is 0 Å². The normalized spacial score (nSPS) is 23.5. The van der Waals surface area contributed by atoms with E-state index < -0.39 is 0 Å². The summed E-state index contributed by atoms with van der Waals surface area (Å²) in [5.41, 5.74) is -0.246. The molecule has 2 aliphatic rings. The Morgan fingerprint density at radius 1 is 1.44 bits per heavy atom. The van der Waals surface area contributed by atoms with Gasteiger partial charge in [-0.2, -0.15) is 0 Å². The average molecular weight is 370 g/mol. The second-order valence-corrected chi connectivity index (χ2v) is 7.39. The number of nitrogens with zero attached hydrogens (tertiary/aromatic N) is 3. The highest BCUT2D eigenvalue weighted by Gasteiger charge is 2.36. The number of aromatic amines is 1. The average Bonchev–Trinajstić information content (AvgIpc) is 2.99. The Hall–Kier alpha value is -1.32. The van der Waals surface area contributed by atoms with Crippen LogP contribution in [-0.4, -0.2) is 70.3 Å². The van der Waals surface area contributed by atoms with E-state index in [1.807, 2.05) is 4.90 Å². The van der Waals surface area contributed by atoms with E-state index in [0.29, 0.717) is 31.5 Å². The van der Waals surface area contributed by atoms with Crippen molar-refractivity contribution in [1.29, 1.82) is 0 Å². The SMILES string of the molecule is COCCCn1c(SCC(=O)N2CCOC3CCCCC32)n[nH]c1=O. The number of aromatic nitrogens is 3. The molecule has 2 fully saturated rings. The number of nitrogens with one attached hydrogen (secondary N) is 1. The van der Waals surface area contributed by atoms with Gasteiger partial charge in [0.2, 0.25) is 5.91 Å². The fourth-order valence-corrected chi connectivity index (χ4v) is 4.45. The Kier molecular flexibility index (Phi) is 6.55. The summed E-state index contributed by atoms with van der Waals surface area (Å²) in [6, 6.07) is 0.207. The number of carbonyl (C=O) groups excluding carboxylic acids is 1. The van der Waals surface area contributed by atoms with Crippen molar-refractivity contribution in [2.75, 3.05) is 32.6 Å². The molecule has 9 heteroatoms. The van der Waals surface area contributed by atoms with Crippen LogP contribution in [0.5, 0.6) is 0 Å². The maximum absolute atomic E-state index is 12.7. The van der Waals surface area contributed by atoms with Crippen LogP contribution in [0.15, 0.2) is 9.95 Å². The topological polar surface area (TPSA) is 89.4 Å². The molecule has 1 aliphatic carbocycles. The Balaban J connectivity index is 1.58. The molecular formula is C16H26N4O4S. The molecule has 1 N–H and O–H groups in total. The van der Waals surface area contributed by atoms with Gasteiger partial charge in [0.15, 0.2) is 5.16 Å². The number of fused-ring (bicyclic) bond motifs is 1. The number of carbonyl (C=O) groups is 1. The smallest absolute Gasteiger partial charge is 0.343 e. The summed E-state index contributed by atoms with van der Waals surface area (Å²) in [7, 11) is 1.63. The Bertz CT molecular complexity index is 630. The minimum atomic E-state index is -0.246. The molecule has 1 amide bonds. The second-order valence-electron chi connectivity index (χ2n) is 6.45. The lowest BCUT2D eigenvalue weighted by Gasteiger charge is -2.43. The van der Waals surface area contributed by atoms with E-state index in [2.05, 4.69) is 10.2 Å². The van der Waals surface area contributed by atoms with E-state index in [1.54, 1.807) is 11.7 Å². The summed E-state index contributed by atoms with van der Waals surface area (Å²) in [5, 5.41) is 7.07. The Morgan fingerprint density at radius 2 is 2.28 bits per heavy atom. The molecule has 1 aliphatic heterocycles. The summed E-state index contributed by atoms with van der Waals surface area (Å²) < 4.78 is 12.4. The number of hydrogen-bond acceptors (Lipinski definition) is 6. The van der Waals surface area contributed by atoms with Crippen LogP contribution in [-0.2, 0) is 20.8 Å². The fraction of sp³-hybridized carbons (Fsp3) is 0.812. The van der Waals surface area contributed by atoms with Gasteiger partial charge in [-0.1, -0.05) is 24.6 Å². The van der Waals surface area contributed by atoms with Crippen molar-refractivity contribution < 1.29 is 14.3 Å². The van der Waals surface area contributed by atoms with Crippen molar-refractivity contribution in [3.05, 3.63) is 10.5 Å². The van der Waals surface area contributed by atoms with Crippen LogP contribution in [0.1, 0.15) is 32.1 Å². The predicted molar refractivity (Wildman–Crippen MR) is 93.8 cm³/mol. The molecule has 0 aromatic carbocycles. The quantitative estimate of drug-likeness (QED) is 0.566. The molecule has 1 aromatic rings. The molecule has 3 rings (SSSR count). The van der Waals surface area contributed by atoms with Crippen molar-refractivity contribution in [1.82, 2.24) is 19.7 Å². The first kappa shape index (κ1) is 18.5. The van der Waals surface area contributed by atoms with Gasteiger partial charge in [-0.05, 0) is 19.3 Å². The van der Waals surface area contributed by atoms with Gasteiger partial charge in [-0.15, -0.1) is 5.10 Å². The number of H-pyrrole nitrogens is 1. The predicted octanol–water partition coefficient (Wildman–Crippen LogP) is 0.870. The molecular weight excluding hydrogens is 344 g/mol. The molecule has 2 heterocycles. The van der Waals surface area contributed by atoms with E-state index in [1.165, 1.54) is 18.2 Å². The van der Waals surface area contributed by atoms with Crippen LogP contribution in [0.3, 0.4) is 0 Å². The van der Waals surface area contributed by atoms with Crippen molar-refractivity contribution in [3.63, 3.8) is 0 Å². The van der Waals surface area contributed by atoms with Crippen LogP contribution in [0.2, 0.25) is 0 Å². The molecule has 1 aromatic heterocycles. The fourth-order valence-electron chi connectivity index (χ4n) is 3.59. The van der Waals surface area contributed by atoms with E-state index >= 15 is 0 Å². The highest BCUT2D eigenvalue weighted by Crippen LogP contribution is 2.29. The number of hydrogen-bond donors (Lipinski definition) is 1. The number of methoxy groups -OCH3 is 1. The Morgan fingerprint density at radius 3 is 3.12 bits per heavy atom. The van der Waals surface area contributed by atoms with Crippen LogP contribution >= 0.6 is 11.8 Å². The van der Waals surface area contributed by atoms with Crippen molar-refractivity contribution >= 4 is 17.7 Å². The number of thioether (sulfide) groups is 1. The van der Waals surface area contributed by atoms with E-state index in [4.69, 9.17) is 9.47 Å². The molecule has 2 atom stereocenters. The van der Waals surface area contributed by atoms with Crippen LogP contribution in [0, 0.1) is 0 Å². The van der Waals surface area contributed by atoms with E-state index in [-0.39, 0.29) is 29.5 Å². The van der Waals surface area contributed by atoms with Crippen LogP contribution in [0.25, 0.3) is 0 Å². The van der Waals surface area contributed by atoms with Gasteiger partial charge in [0.1, 0.15) is 0 Å². The molecule has 140 valence electrons. The molecule has 0 radical (unpaired) electrons. The van der Waals surface area contributed by atoms with Crippen molar-refractivity contribution in [3.8, 4) is 0 Å². The zero-order chi connectivity index (χ0) is 17.6. The lowest BCUT2D eigenvalue weighted by molar-refractivity contribution is -0.146. The van der Waals surface area contributed by atoms with Crippen LogP contribution < -0.4 is 5.69 Å². The second kappa shape index (κ2) is 8.86.